The van der Waals surface area contributed by atoms with Crippen LogP contribution in [0.2, 0.25) is 0 Å². The van der Waals surface area contributed by atoms with Gasteiger partial charge in [0.15, 0.2) is 0 Å². The first-order chi connectivity index (χ1) is 10.8. The summed E-state index contributed by atoms with van der Waals surface area (Å²) in [6, 6.07) is 0.806. The Bertz CT molecular complexity index is 305. The molecule has 3 aliphatic rings. The van der Waals surface area contributed by atoms with E-state index in [9.17, 15) is 0 Å². The lowest BCUT2D eigenvalue weighted by molar-refractivity contribution is 0.0997. The molecule has 0 radical (unpaired) electrons. The second kappa shape index (κ2) is 8.62. The normalized spacial score (nSPS) is 29.5. The van der Waals surface area contributed by atoms with Crippen molar-refractivity contribution in [3.63, 3.8) is 0 Å². The minimum Gasteiger partial charge on any atom is -0.381 e. The van der Waals surface area contributed by atoms with E-state index in [-0.39, 0.29) is 0 Å². The molecule has 0 saturated carbocycles. The average molecular weight is 309 g/mol. The summed E-state index contributed by atoms with van der Waals surface area (Å²) in [4.78, 5) is 7.97. The molecule has 0 unspecified atom stereocenters. The van der Waals surface area contributed by atoms with Crippen LogP contribution in [0.25, 0.3) is 0 Å². The maximum atomic E-state index is 5.51. The Balaban J connectivity index is 1.31. The minimum absolute atomic E-state index is 0.799. The standard InChI is InChI=1S/C18H35N3O/c1-19(12-13-20-8-3-2-4-9-20)18-5-10-21(11-6-18)15-17-7-14-22-16-17/h17-18H,2-16H2,1H3/t17-/m0/s1. The van der Waals surface area contributed by atoms with E-state index in [0.29, 0.717) is 0 Å². The van der Waals surface area contributed by atoms with E-state index in [1.807, 2.05) is 0 Å². The molecule has 3 heterocycles. The summed E-state index contributed by atoms with van der Waals surface area (Å²) in [5, 5.41) is 0. The molecule has 4 nitrogen and oxygen atoms in total. The molecule has 4 heteroatoms. The predicted molar refractivity (Wildman–Crippen MR) is 91.3 cm³/mol. The molecule has 0 aromatic rings. The van der Waals surface area contributed by atoms with E-state index >= 15 is 0 Å². The molecule has 0 spiro atoms. The Kier molecular flexibility index (Phi) is 6.54. The van der Waals surface area contributed by atoms with Gasteiger partial charge >= 0.3 is 0 Å². The van der Waals surface area contributed by atoms with Gasteiger partial charge in [0, 0.05) is 32.3 Å². The van der Waals surface area contributed by atoms with Crippen LogP contribution < -0.4 is 0 Å². The number of piperidine rings is 2. The van der Waals surface area contributed by atoms with Crippen molar-refractivity contribution in [3.05, 3.63) is 0 Å². The Hall–Kier alpha value is -0.160. The molecule has 22 heavy (non-hydrogen) atoms. The van der Waals surface area contributed by atoms with E-state index in [0.717, 1.165) is 25.2 Å². The van der Waals surface area contributed by atoms with Gasteiger partial charge in [0.05, 0.1) is 6.61 Å². The molecule has 0 aromatic heterocycles. The third-order valence-electron chi connectivity index (χ3n) is 5.94. The second-order valence-electron chi connectivity index (χ2n) is 7.64. The second-order valence-corrected chi connectivity index (χ2v) is 7.64. The molecule has 0 amide bonds. The van der Waals surface area contributed by atoms with Crippen LogP contribution in [0.5, 0.6) is 0 Å². The summed E-state index contributed by atoms with van der Waals surface area (Å²) >= 11 is 0. The van der Waals surface area contributed by atoms with Crippen molar-refractivity contribution in [2.45, 2.75) is 44.6 Å². The first kappa shape index (κ1) is 16.7. The van der Waals surface area contributed by atoms with Crippen molar-refractivity contribution in [1.29, 1.82) is 0 Å². The Morgan fingerprint density at radius 2 is 1.73 bits per heavy atom. The fraction of sp³-hybridized carbons (Fsp3) is 1.00. The Morgan fingerprint density at radius 1 is 0.955 bits per heavy atom. The lowest BCUT2D eigenvalue weighted by Crippen LogP contribution is -2.47. The van der Waals surface area contributed by atoms with Gasteiger partial charge in [0.2, 0.25) is 0 Å². The minimum atomic E-state index is 0.799. The molecule has 0 aromatic carbocycles. The number of likely N-dealkylation sites (N-methyl/N-ethyl adjacent to an activating group) is 1. The van der Waals surface area contributed by atoms with Crippen LogP contribution in [0.1, 0.15) is 38.5 Å². The number of ether oxygens (including phenoxy) is 1. The molecule has 3 fully saturated rings. The van der Waals surface area contributed by atoms with Crippen LogP contribution in [-0.2, 0) is 4.74 Å². The molecule has 1 atom stereocenters. The van der Waals surface area contributed by atoms with E-state index < -0.39 is 0 Å². The van der Waals surface area contributed by atoms with Crippen LogP contribution in [0.15, 0.2) is 0 Å². The Morgan fingerprint density at radius 3 is 2.41 bits per heavy atom. The highest BCUT2D eigenvalue weighted by Crippen LogP contribution is 2.20. The summed E-state index contributed by atoms with van der Waals surface area (Å²) in [6.45, 7) is 11.0. The van der Waals surface area contributed by atoms with Crippen molar-refractivity contribution in [2.75, 3.05) is 66.1 Å². The van der Waals surface area contributed by atoms with E-state index in [1.54, 1.807) is 0 Å². The van der Waals surface area contributed by atoms with Gasteiger partial charge in [-0.05, 0) is 71.2 Å². The zero-order chi connectivity index (χ0) is 15.2. The zero-order valence-electron chi connectivity index (χ0n) is 14.5. The molecule has 3 aliphatic heterocycles. The fourth-order valence-corrected chi connectivity index (χ4v) is 4.30. The van der Waals surface area contributed by atoms with Gasteiger partial charge in [-0.25, -0.2) is 0 Å². The summed E-state index contributed by atoms with van der Waals surface area (Å²) in [5.41, 5.74) is 0. The highest BCUT2D eigenvalue weighted by molar-refractivity contribution is 4.81. The molecule has 0 bridgehead atoms. The van der Waals surface area contributed by atoms with Crippen LogP contribution in [0, 0.1) is 5.92 Å². The van der Waals surface area contributed by atoms with Gasteiger partial charge in [0.25, 0.3) is 0 Å². The zero-order valence-corrected chi connectivity index (χ0v) is 14.5. The van der Waals surface area contributed by atoms with Crippen molar-refractivity contribution in [1.82, 2.24) is 14.7 Å². The maximum Gasteiger partial charge on any atom is 0.0507 e. The van der Waals surface area contributed by atoms with E-state index in [2.05, 4.69) is 21.7 Å². The van der Waals surface area contributed by atoms with Crippen LogP contribution >= 0.6 is 0 Å². The van der Waals surface area contributed by atoms with Gasteiger partial charge in [0.1, 0.15) is 0 Å². The van der Waals surface area contributed by atoms with Gasteiger partial charge in [-0.1, -0.05) is 6.42 Å². The van der Waals surface area contributed by atoms with Crippen LogP contribution in [-0.4, -0.2) is 86.8 Å². The molecular formula is C18H35N3O. The van der Waals surface area contributed by atoms with Gasteiger partial charge in [-0.15, -0.1) is 0 Å². The number of likely N-dealkylation sites (tertiary alicyclic amines) is 2. The maximum absolute atomic E-state index is 5.51. The topological polar surface area (TPSA) is 19.0 Å². The van der Waals surface area contributed by atoms with E-state index in [1.165, 1.54) is 84.3 Å². The fourth-order valence-electron chi connectivity index (χ4n) is 4.30. The highest BCUT2D eigenvalue weighted by atomic mass is 16.5. The molecule has 128 valence electrons. The quantitative estimate of drug-likeness (QED) is 0.746. The predicted octanol–water partition coefficient (Wildman–Crippen LogP) is 1.91. The van der Waals surface area contributed by atoms with Crippen LogP contribution in [0.4, 0.5) is 0 Å². The lowest BCUT2D eigenvalue weighted by Gasteiger charge is -2.38. The summed E-state index contributed by atoms with van der Waals surface area (Å²) in [5.74, 6) is 0.799. The molecule has 0 N–H and O–H groups in total. The summed E-state index contributed by atoms with van der Waals surface area (Å²) in [6.07, 6.45) is 8.24. The smallest absolute Gasteiger partial charge is 0.0507 e. The van der Waals surface area contributed by atoms with Crippen molar-refractivity contribution < 1.29 is 4.74 Å². The Labute approximate surface area is 136 Å². The third kappa shape index (κ3) is 4.92. The monoisotopic (exact) mass is 309 g/mol. The van der Waals surface area contributed by atoms with Crippen molar-refractivity contribution >= 4 is 0 Å². The van der Waals surface area contributed by atoms with E-state index in [4.69, 9.17) is 4.74 Å². The SMILES string of the molecule is CN(CCN1CCCCC1)C1CCN(C[C@@H]2CCOC2)CC1. The molecule has 3 saturated heterocycles. The number of rotatable bonds is 6. The van der Waals surface area contributed by atoms with Crippen LogP contribution in [0.3, 0.4) is 0 Å². The number of nitrogens with zero attached hydrogens (tertiary/aromatic N) is 3. The number of hydrogen-bond donors (Lipinski definition) is 0. The summed E-state index contributed by atoms with van der Waals surface area (Å²) < 4.78 is 5.51. The average Bonchev–Trinajstić information content (AvgIpc) is 3.07. The lowest BCUT2D eigenvalue weighted by atomic mass is 10.0. The first-order valence-corrected chi connectivity index (χ1v) is 9.54. The summed E-state index contributed by atoms with van der Waals surface area (Å²) in [7, 11) is 2.34. The van der Waals surface area contributed by atoms with Crippen molar-refractivity contribution in [2.24, 2.45) is 5.92 Å². The van der Waals surface area contributed by atoms with Gasteiger partial charge < -0.3 is 19.4 Å². The highest BCUT2D eigenvalue weighted by Gasteiger charge is 2.25. The molecule has 0 aliphatic carbocycles. The first-order valence-electron chi connectivity index (χ1n) is 9.54. The number of hydrogen-bond acceptors (Lipinski definition) is 4. The third-order valence-corrected chi connectivity index (χ3v) is 5.94. The molecular weight excluding hydrogens is 274 g/mol. The largest absolute Gasteiger partial charge is 0.381 e. The van der Waals surface area contributed by atoms with Gasteiger partial charge in [-0.2, -0.15) is 0 Å². The van der Waals surface area contributed by atoms with Crippen molar-refractivity contribution in [3.8, 4) is 0 Å². The molecule has 3 rings (SSSR count). The van der Waals surface area contributed by atoms with Gasteiger partial charge in [-0.3, -0.25) is 0 Å².